The lowest BCUT2D eigenvalue weighted by Gasteiger charge is -2.13. The molecule has 2 N–H and O–H groups in total. The quantitative estimate of drug-likeness (QED) is 0.867. The number of ether oxygens (including phenoxy) is 2. The standard InChI is InChI=1S/C14H19N3O3/c1-9(15)6-11-7-12(18-3)4-5-13(11)19-8-14-16-10(2)17-20-14/h4-5,7,9H,6,8,15H2,1-3H3. The van der Waals surface area contributed by atoms with Crippen LogP contribution in [0, 0.1) is 6.92 Å². The van der Waals surface area contributed by atoms with Crippen LogP contribution in [0.1, 0.15) is 24.2 Å². The number of nitrogens with zero attached hydrogens (tertiary/aromatic N) is 2. The molecular formula is C14H19N3O3. The van der Waals surface area contributed by atoms with Gasteiger partial charge in [-0.05, 0) is 44.0 Å². The Morgan fingerprint density at radius 1 is 1.40 bits per heavy atom. The summed E-state index contributed by atoms with van der Waals surface area (Å²) in [5.41, 5.74) is 6.85. The Kier molecular flexibility index (Phi) is 4.57. The van der Waals surface area contributed by atoms with Crippen molar-refractivity contribution in [2.45, 2.75) is 32.9 Å². The molecule has 0 spiro atoms. The van der Waals surface area contributed by atoms with E-state index in [1.807, 2.05) is 25.1 Å². The molecule has 0 amide bonds. The Hall–Kier alpha value is -2.08. The zero-order valence-electron chi connectivity index (χ0n) is 11.9. The molecule has 0 fully saturated rings. The van der Waals surface area contributed by atoms with Crippen molar-refractivity contribution in [1.29, 1.82) is 0 Å². The molecule has 0 aliphatic carbocycles. The minimum absolute atomic E-state index is 0.0371. The van der Waals surface area contributed by atoms with Gasteiger partial charge in [-0.1, -0.05) is 5.16 Å². The molecule has 0 aliphatic heterocycles. The van der Waals surface area contributed by atoms with Crippen LogP contribution in [0.15, 0.2) is 22.7 Å². The summed E-state index contributed by atoms with van der Waals surface area (Å²) in [5, 5.41) is 3.72. The normalized spacial score (nSPS) is 12.2. The minimum atomic E-state index is 0.0371. The van der Waals surface area contributed by atoms with Crippen molar-refractivity contribution < 1.29 is 14.0 Å². The molecule has 6 heteroatoms. The number of aromatic nitrogens is 2. The first kappa shape index (κ1) is 14.3. The van der Waals surface area contributed by atoms with Crippen molar-refractivity contribution in [2.75, 3.05) is 7.11 Å². The molecular weight excluding hydrogens is 258 g/mol. The van der Waals surface area contributed by atoms with E-state index in [0.717, 1.165) is 17.1 Å². The summed E-state index contributed by atoms with van der Waals surface area (Å²) in [4.78, 5) is 4.10. The van der Waals surface area contributed by atoms with Gasteiger partial charge in [-0.15, -0.1) is 0 Å². The highest BCUT2D eigenvalue weighted by atomic mass is 16.5. The summed E-state index contributed by atoms with van der Waals surface area (Å²) >= 11 is 0. The molecule has 0 radical (unpaired) electrons. The summed E-state index contributed by atoms with van der Waals surface area (Å²) in [7, 11) is 1.63. The molecule has 0 bridgehead atoms. The summed E-state index contributed by atoms with van der Waals surface area (Å²) in [6.07, 6.45) is 0.704. The number of benzene rings is 1. The lowest BCUT2D eigenvalue weighted by Crippen LogP contribution is -2.18. The SMILES string of the molecule is COc1ccc(OCc2nc(C)no2)c(CC(C)N)c1. The second-order valence-corrected chi connectivity index (χ2v) is 4.68. The van der Waals surface area contributed by atoms with Crippen LogP contribution in [0.2, 0.25) is 0 Å². The summed E-state index contributed by atoms with van der Waals surface area (Å²) in [6.45, 7) is 3.95. The second-order valence-electron chi connectivity index (χ2n) is 4.68. The molecule has 1 aromatic carbocycles. The molecule has 0 aliphatic rings. The van der Waals surface area contributed by atoms with E-state index in [-0.39, 0.29) is 12.6 Å². The molecule has 20 heavy (non-hydrogen) atoms. The Morgan fingerprint density at radius 2 is 2.20 bits per heavy atom. The molecule has 2 rings (SSSR count). The Morgan fingerprint density at radius 3 is 2.80 bits per heavy atom. The third-order valence-electron chi connectivity index (χ3n) is 2.73. The lowest BCUT2D eigenvalue weighted by atomic mass is 10.1. The van der Waals surface area contributed by atoms with Gasteiger partial charge in [-0.25, -0.2) is 0 Å². The number of nitrogens with two attached hydrogens (primary N) is 1. The van der Waals surface area contributed by atoms with E-state index in [1.54, 1.807) is 14.0 Å². The van der Waals surface area contributed by atoms with E-state index >= 15 is 0 Å². The third-order valence-corrected chi connectivity index (χ3v) is 2.73. The summed E-state index contributed by atoms with van der Waals surface area (Å²) in [6, 6.07) is 5.67. The number of aryl methyl sites for hydroxylation is 1. The molecule has 1 heterocycles. The fourth-order valence-electron chi connectivity index (χ4n) is 1.87. The van der Waals surface area contributed by atoms with E-state index in [1.165, 1.54) is 0 Å². The van der Waals surface area contributed by atoms with Crippen molar-refractivity contribution >= 4 is 0 Å². The Labute approximate surface area is 117 Å². The lowest BCUT2D eigenvalue weighted by molar-refractivity contribution is 0.240. The molecule has 1 aromatic heterocycles. The maximum Gasteiger partial charge on any atom is 0.264 e. The smallest absolute Gasteiger partial charge is 0.264 e. The highest BCUT2D eigenvalue weighted by Crippen LogP contribution is 2.26. The van der Waals surface area contributed by atoms with Gasteiger partial charge in [0.1, 0.15) is 11.5 Å². The maximum atomic E-state index is 5.86. The van der Waals surface area contributed by atoms with Crippen LogP contribution < -0.4 is 15.2 Å². The number of methoxy groups -OCH3 is 1. The molecule has 1 atom stereocenters. The van der Waals surface area contributed by atoms with Crippen molar-refractivity contribution in [2.24, 2.45) is 5.73 Å². The van der Waals surface area contributed by atoms with Crippen LogP contribution >= 0.6 is 0 Å². The van der Waals surface area contributed by atoms with Crippen molar-refractivity contribution in [3.63, 3.8) is 0 Å². The van der Waals surface area contributed by atoms with Gasteiger partial charge in [0.2, 0.25) is 0 Å². The first-order chi connectivity index (χ1) is 9.58. The van der Waals surface area contributed by atoms with Crippen molar-refractivity contribution in [3.8, 4) is 11.5 Å². The van der Waals surface area contributed by atoms with Gasteiger partial charge in [0.25, 0.3) is 5.89 Å². The third kappa shape index (κ3) is 3.71. The number of rotatable bonds is 6. The van der Waals surface area contributed by atoms with Crippen LogP contribution in [0.4, 0.5) is 0 Å². The molecule has 6 nitrogen and oxygen atoms in total. The fourth-order valence-corrected chi connectivity index (χ4v) is 1.87. The second kappa shape index (κ2) is 6.38. The maximum absolute atomic E-state index is 5.86. The van der Waals surface area contributed by atoms with Gasteiger partial charge < -0.3 is 19.7 Å². The van der Waals surface area contributed by atoms with Gasteiger partial charge in [0, 0.05) is 6.04 Å². The van der Waals surface area contributed by atoms with E-state index in [9.17, 15) is 0 Å². The monoisotopic (exact) mass is 277 g/mol. The van der Waals surface area contributed by atoms with Gasteiger partial charge in [-0.3, -0.25) is 0 Å². The topological polar surface area (TPSA) is 83.4 Å². The number of hydrogen-bond acceptors (Lipinski definition) is 6. The van der Waals surface area contributed by atoms with Crippen LogP contribution in [-0.4, -0.2) is 23.3 Å². The zero-order valence-corrected chi connectivity index (χ0v) is 11.9. The minimum Gasteiger partial charge on any atom is -0.497 e. The van der Waals surface area contributed by atoms with Crippen LogP contribution in [-0.2, 0) is 13.0 Å². The molecule has 108 valence electrons. The van der Waals surface area contributed by atoms with Crippen LogP contribution in [0.5, 0.6) is 11.5 Å². The van der Waals surface area contributed by atoms with Crippen LogP contribution in [0.25, 0.3) is 0 Å². The zero-order chi connectivity index (χ0) is 14.5. The first-order valence-electron chi connectivity index (χ1n) is 6.43. The van der Waals surface area contributed by atoms with Crippen LogP contribution in [0.3, 0.4) is 0 Å². The van der Waals surface area contributed by atoms with Gasteiger partial charge in [-0.2, -0.15) is 4.98 Å². The summed E-state index contributed by atoms with van der Waals surface area (Å²) in [5.74, 6) is 2.57. The predicted octanol–water partition coefficient (Wildman–Crippen LogP) is 1.86. The highest BCUT2D eigenvalue weighted by Gasteiger charge is 2.10. The first-order valence-corrected chi connectivity index (χ1v) is 6.43. The highest BCUT2D eigenvalue weighted by molar-refractivity contribution is 5.40. The van der Waals surface area contributed by atoms with E-state index < -0.39 is 0 Å². The van der Waals surface area contributed by atoms with Gasteiger partial charge >= 0.3 is 0 Å². The molecule has 2 aromatic rings. The Bertz CT molecular complexity index is 567. The molecule has 0 saturated heterocycles. The average molecular weight is 277 g/mol. The van der Waals surface area contributed by atoms with E-state index in [0.29, 0.717) is 18.1 Å². The molecule has 0 saturated carbocycles. The van der Waals surface area contributed by atoms with Gasteiger partial charge in [0.05, 0.1) is 7.11 Å². The predicted molar refractivity (Wildman–Crippen MR) is 73.7 cm³/mol. The average Bonchev–Trinajstić information content (AvgIpc) is 2.82. The largest absolute Gasteiger partial charge is 0.497 e. The Balaban J connectivity index is 2.12. The fraction of sp³-hybridized carbons (Fsp3) is 0.429. The van der Waals surface area contributed by atoms with Crippen molar-refractivity contribution in [1.82, 2.24) is 10.1 Å². The van der Waals surface area contributed by atoms with E-state index in [2.05, 4.69) is 10.1 Å². The van der Waals surface area contributed by atoms with E-state index in [4.69, 9.17) is 19.7 Å². The van der Waals surface area contributed by atoms with Gasteiger partial charge in [0.15, 0.2) is 12.4 Å². The number of hydrogen-bond donors (Lipinski definition) is 1. The molecule has 1 unspecified atom stereocenters. The summed E-state index contributed by atoms with van der Waals surface area (Å²) < 4.78 is 16.0. The van der Waals surface area contributed by atoms with Crippen molar-refractivity contribution in [3.05, 3.63) is 35.5 Å².